The number of para-hydroxylation sites is 1. The number of amides is 1. The number of nitrogens with one attached hydrogen (secondary N) is 1. The number of rotatable bonds is 5. The molecule has 0 saturated carbocycles. The van der Waals surface area contributed by atoms with Crippen LogP contribution >= 0.6 is 0 Å². The van der Waals surface area contributed by atoms with Crippen molar-refractivity contribution in [2.45, 2.75) is 19.5 Å². The van der Waals surface area contributed by atoms with Crippen LogP contribution in [0.5, 0.6) is 0 Å². The minimum Gasteiger partial charge on any atom is -0.348 e. The fourth-order valence-corrected chi connectivity index (χ4v) is 3.34. The van der Waals surface area contributed by atoms with Gasteiger partial charge in [-0.3, -0.25) is 14.2 Å². The lowest BCUT2D eigenvalue weighted by molar-refractivity contribution is -0.122. The molecular formula is C24H21N3O2. The number of nitrogens with zero attached hydrogens (tertiary/aromatic N) is 2. The van der Waals surface area contributed by atoms with Crippen LogP contribution in [0.2, 0.25) is 0 Å². The molecule has 4 rings (SSSR count). The predicted octanol–water partition coefficient (Wildman–Crippen LogP) is 3.94. The van der Waals surface area contributed by atoms with Crippen LogP contribution in [0.3, 0.4) is 0 Å². The summed E-state index contributed by atoms with van der Waals surface area (Å²) in [5, 5.41) is 3.46. The van der Waals surface area contributed by atoms with E-state index in [1.165, 1.54) is 10.9 Å². The largest absolute Gasteiger partial charge is 0.348 e. The summed E-state index contributed by atoms with van der Waals surface area (Å²) in [7, 11) is 0. The van der Waals surface area contributed by atoms with Crippen LogP contribution in [0.1, 0.15) is 18.5 Å². The van der Waals surface area contributed by atoms with Crippen molar-refractivity contribution in [2.75, 3.05) is 0 Å². The smallest absolute Gasteiger partial charge is 0.261 e. The summed E-state index contributed by atoms with van der Waals surface area (Å²) in [5.41, 5.74) is 3.69. The minimum absolute atomic E-state index is 0.0664. The van der Waals surface area contributed by atoms with Crippen LogP contribution in [-0.2, 0) is 11.3 Å². The number of benzene rings is 3. The molecule has 5 nitrogen and oxygen atoms in total. The van der Waals surface area contributed by atoms with Gasteiger partial charge in [0.05, 0.1) is 23.3 Å². The average Bonchev–Trinajstić information content (AvgIpc) is 2.76. The van der Waals surface area contributed by atoms with Gasteiger partial charge in [0, 0.05) is 0 Å². The maximum atomic E-state index is 12.5. The van der Waals surface area contributed by atoms with E-state index >= 15 is 0 Å². The molecule has 1 atom stereocenters. The van der Waals surface area contributed by atoms with E-state index in [4.69, 9.17) is 0 Å². The van der Waals surface area contributed by atoms with Crippen LogP contribution in [0, 0.1) is 0 Å². The number of hydrogen-bond acceptors (Lipinski definition) is 3. The van der Waals surface area contributed by atoms with Crippen LogP contribution < -0.4 is 10.9 Å². The second-order valence-electron chi connectivity index (χ2n) is 6.97. The van der Waals surface area contributed by atoms with E-state index < -0.39 is 0 Å². The third-order valence-electron chi connectivity index (χ3n) is 4.94. The van der Waals surface area contributed by atoms with Gasteiger partial charge in [0.25, 0.3) is 5.56 Å². The number of carbonyl (C=O) groups excluding carboxylic acids is 1. The molecule has 0 spiro atoms. The van der Waals surface area contributed by atoms with Gasteiger partial charge in [0.2, 0.25) is 5.91 Å². The third-order valence-corrected chi connectivity index (χ3v) is 4.94. The summed E-state index contributed by atoms with van der Waals surface area (Å²) >= 11 is 0. The normalized spacial score (nSPS) is 11.9. The summed E-state index contributed by atoms with van der Waals surface area (Å²) in [6, 6.07) is 25.2. The van der Waals surface area contributed by atoms with E-state index in [1.54, 1.807) is 18.2 Å². The van der Waals surface area contributed by atoms with E-state index in [-0.39, 0.29) is 24.1 Å². The van der Waals surface area contributed by atoms with Crippen molar-refractivity contribution in [1.82, 2.24) is 14.9 Å². The Morgan fingerprint density at radius 2 is 1.59 bits per heavy atom. The van der Waals surface area contributed by atoms with Crippen molar-refractivity contribution in [2.24, 2.45) is 0 Å². The molecule has 0 unspecified atom stereocenters. The second-order valence-corrected chi connectivity index (χ2v) is 6.97. The zero-order chi connectivity index (χ0) is 20.2. The molecule has 0 saturated heterocycles. The van der Waals surface area contributed by atoms with Crippen molar-refractivity contribution < 1.29 is 4.79 Å². The zero-order valence-corrected chi connectivity index (χ0v) is 16.1. The number of aromatic nitrogens is 2. The van der Waals surface area contributed by atoms with E-state index in [0.29, 0.717) is 10.9 Å². The quantitative estimate of drug-likeness (QED) is 0.568. The highest BCUT2D eigenvalue weighted by atomic mass is 16.2. The first-order valence-electron chi connectivity index (χ1n) is 9.51. The zero-order valence-electron chi connectivity index (χ0n) is 16.1. The Labute approximate surface area is 168 Å². The fraction of sp³-hybridized carbons (Fsp3) is 0.125. The molecule has 0 aliphatic carbocycles. The van der Waals surface area contributed by atoms with Gasteiger partial charge in [-0.1, -0.05) is 66.7 Å². The van der Waals surface area contributed by atoms with Crippen molar-refractivity contribution in [3.05, 3.63) is 101 Å². The molecule has 0 bridgehead atoms. The fourth-order valence-electron chi connectivity index (χ4n) is 3.34. The Morgan fingerprint density at radius 3 is 2.34 bits per heavy atom. The summed E-state index contributed by atoms with van der Waals surface area (Å²) in [6.07, 6.45) is 1.42. The van der Waals surface area contributed by atoms with Crippen molar-refractivity contribution in [1.29, 1.82) is 0 Å². The van der Waals surface area contributed by atoms with Crippen molar-refractivity contribution in [3.63, 3.8) is 0 Å². The molecule has 1 N–H and O–H groups in total. The molecule has 1 amide bonds. The van der Waals surface area contributed by atoms with Crippen LogP contribution in [0.4, 0.5) is 0 Å². The number of fused-ring (bicyclic) bond motifs is 1. The highest BCUT2D eigenvalue weighted by Gasteiger charge is 2.12. The monoisotopic (exact) mass is 383 g/mol. The van der Waals surface area contributed by atoms with Crippen LogP contribution in [0.25, 0.3) is 22.0 Å². The minimum atomic E-state index is -0.233. The van der Waals surface area contributed by atoms with Gasteiger partial charge >= 0.3 is 0 Å². The van der Waals surface area contributed by atoms with Crippen molar-refractivity contribution >= 4 is 16.8 Å². The van der Waals surface area contributed by atoms with Gasteiger partial charge < -0.3 is 5.32 Å². The van der Waals surface area contributed by atoms with Gasteiger partial charge in [-0.25, -0.2) is 4.98 Å². The SMILES string of the molecule is C[C@H](NC(=O)Cn1cnc2ccccc2c1=O)c1ccc(-c2ccccc2)cc1. The second kappa shape index (κ2) is 8.10. The summed E-state index contributed by atoms with van der Waals surface area (Å²) in [5.74, 6) is -0.233. The molecule has 0 aliphatic heterocycles. The Kier molecular flexibility index (Phi) is 5.20. The van der Waals surface area contributed by atoms with Gasteiger partial charge in [0.15, 0.2) is 0 Å². The Hall–Kier alpha value is -3.73. The Morgan fingerprint density at radius 1 is 0.931 bits per heavy atom. The Balaban J connectivity index is 1.45. The first-order chi connectivity index (χ1) is 14.1. The van der Waals surface area contributed by atoms with Gasteiger partial charge in [-0.15, -0.1) is 0 Å². The first-order valence-corrected chi connectivity index (χ1v) is 9.51. The highest BCUT2D eigenvalue weighted by molar-refractivity contribution is 5.79. The van der Waals surface area contributed by atoms with Crippen LogP contribution in [0.15, 0.2) is 90.0 Å². The van der Waals surface area contributed by atoms with Gasteiger partial charge in [-0.2, -0.15) is 0 Å². The van der Waals surface area contributed by atoms with E-state index in [1.807, 2.05) is 55.5 Å². The van der Waals surface area contributed by atoms with Gasteiger partial charge in [0.1, 0.15) is 6.54 Å². The van der Waals surface area contributed by atoms with E-state index in [9.17, 15) is 9.59 Å². The molecule has 1 aromatic heterocycles. The summed E-state index contributed by atoms with van der Waals surface area (Å²) in [6.45, 7) is 1.86. The Bertz CT molecular complexity index is 1200. The molecular weight excluding hydrogens is 362 g/mol. The molecule has 0 aliphatic rings. The molecule has 3 aromatic carbocycles. The lowest BCUT2D eigenvalue weighted by Gasteiger charge is -2.15. The molecule has 1 heterocycles. The standard InChI is InChI=1S/C24H21N3O2/c1-17(18-11-13-20(14-12-18)19-7-3-2-4-8-19)26-23(28)15-27-16-25-22-10-6-5-9-21(22)24(27)29/h2-14,16-17H,15H2,1H3,(H,26,28)/t17-/m0/s1. The third kappa shape index (κ3) is 4.09. The maximum absolute atomic E-state index is 12.5. The molecule has 4 aromatic rings. The lowest BCUT2D eigenvalue weighted by Crippen LogP contribution is -2.33. The lowest BCUT2D eigenvalue weighted by atomic mass is 10.0. The topological polar surface area (TPSA) is 64.0 Å². The van der Waals surface area contributed by atoms with Gasteiger partial charge in [-0.05, 0) is 35.7 Å². The number of hydrogen-bond donors (Lipinski definition) is 1. The summed E-state index contributed by atoms with van der Waals surface area (Å²) in [4.78, 5) is 29.3. The van der Waals surface area contributed by atoms with Crippen LogP contribution in [-0.4, -0.2) is 15.5 Å². The first kappa shape index (κ1) is 18.6. The summed E-state index contributed by atoms with van der Waals surface area (Å²) < 4.78 is 1.34. The molecule has 0 radical (unpaired) electrons. The van der Waals surface area contributed by atoms with Crippen molar-refractivity contribution in [3.8, 4) is 11.1 Å². The predicted molar refractivity (Wildman–Crippen MR) is 114 cm³/mol. The maximum Gasteiger partial charge on any atom is 0.261 e. The highest BCUT2D eigenvalue weighted by Crippen LogP contribution is 2.21. The molecule has 29 heavy (non-hydrogen) atoms. The number of carbonyl (C=O) groups is 1. The average molecular weight is 383 g/mol. The molecule has 5 heteroatoms. The molecule has 144 valence electrons. The molecule has 0 fully saturated rings. The van der Waals surface area contributed by atoms with E-state index in [0.717, 1.165) is 16.7 Å². The van der Waals surface area contributed by atoms with E-state index in [2.05, 4.69) is 22.4 Å².